The molecule has 160 valence electrons. The van der Waals surface area contributed by atoms with Gasteiger partial charge in [-0.2, -0.15) is 0 Å². The van der Waals surface area contributed by atoms with E-state index in [1.807, 2.05) is 0 Å². The monoisotopic (exact) mass is 600 g/mol. The summed E-state index contributed by atoms with van der Waals surface area (Å²) in [6, 6.07) is 27.0. The molecule has 0 heterocycles. The minimum Gasteiger partial charge on any atom is -0.334 e. The Morgan fingerprint density at radius 3 is 0.967 bits per heavy atom. The van der Waals surface area contributed by atoms with Gasteiger partial charge >= 0.3 is 22.4 Å². The fourth-order valence-corrected chi connectivity index (χ4v) is 5.05. The van der Waals surface area contributed by atoms with Crippen LogP contribution in [0.1, 0.15) is 30.5 Å². The average molecular weight is 600 g/mol. The predicted molar refractivity (Wildman–Crippen MR) is 125 cm³/mol. The summed E-state index contributed by atoms with van der Waals surface area (Å²) >= 11 is 0. The second-order valence-electron chi connectivity index (χ2n) is 7.21. The number of aryl methyl sites for hydroxylation is 3. The summed E-state index contributed by atoms with van der Waals surface area (Å²) in [7, 11) is -0.483. The molecule has 2 nitrogen and oxygen atoms in total. The SMILES string of the molecule is CC(=O)[CH-]C(C)=O.Cc1ccc(P(c2ccc(C)cc2)c2ccc(C)cc2)cc1.[Au+]. The van der Waals surface area contributed by atoms with E-state index in [1.165, 1.54) is 46.5 Å². The van der Waals surface area contributed by atoms with Gasteiger partial charge in [-0.25, -0.2) is 0 Å². The van der Waals surface area contributed by atoms with Gasteiger partial charge in [0.1, 0.15) is 0 Å². The van der Waals surface area contributed by atoms with E-state index >= 15 is 0 Å². The Hall–Kier alpha value is -1.96. The largest absolute Gasteiger partial charge is 1.00 e. The number of benzene rings is 3. The van der Waals surface area contributed by atoms with Crippen molar-refractivity contribution in [1.29, 1.82) is 0 Å². The molecule has 0 aliphatic rings. The molecule has 0 atom stereocenters. The van der Waals surface area contributed by atoms with Gasteiger partial charge in [-0.1, -0.05) is 89.5 Å². The summed E-state index contributed by atoms with van der Waals surface area (Å²) in [5.74, 6) is -0.375. The van der Waals surface area contributed by atoms with Gasteiger partial charge in [0.15, 0.2) is 0 Å². The Morgan fingerprint density at radius 2 is 0.800 bits per heavy atom. The van der Waals surface area contributed by atoms with Gasteiger partial charge in [-0.15, -0.1) is 0 Å². The van der Waals surface area contributed by atoms with E-state index in [0.29, 0.717) is 0 Å². The number of Topliss-reactive ketones (excluding diaryl/α,β-unsaturated/α-hetero) is 2. The Bertz CT molecular complexity index is 826. The van der Waals surface area contributed by atoms with Crippen LogP contribution < -0.4 is 15.9 Å². The van der Waals surface area contributed by atoms with E-state index in [9.17, 15) is 9.59 Å². The number of hydrogen-bond acceptors (Lipinski definition) is 2. The third kappa shape index (κ3) is 8.42. The second kappa shape index (κ2) is 12.7. The van der Waals surface area contributed by atoms with Crippen molar-refractivity contribution >= 4 is 35.4 Å². The third-order valence-corrected chi connectivity index (χ3v) is 6.73. The Labute approximate surface area is 197 Å². The number of carbonyl (C=O) groups is 2. The van der Waals surface area contributed by atoms with Gasteiger partial charge in [0.25, 0.3) is 0 Å². The molecule has 0 aliphatic carbocycles. The van der Waals surface area contributed by atoms with Crippen LogP contribution in [0.4, 0.5) is 0 Å². The zero-order valence-corrected chi connectivity index (χ0v) is 21.1. The van der Waals surface area contributed by atoms with Crippen LogP contribution in [-0.2, 0) is 32.0 Å². The Kier molecular flexibility index (Phi) is 11.0. The Balaban J connectivity index is 0.000000489. The van der Waals surface area contributed by atoms with E-state index in [2.05, 4.69) is 93.6 Å². The molecule has 3 aromatic carbocycles. The van der Waals surface area contributed by atoms with Crippen molar-refractivity contribution in [2.45, 2.75) is 34.6 Å². The van der Waals surface area contributed by atoms with E-state index in [1.54, 1.807) is 0 Å². The molecule has 0 amide bonds. The summed E-state index contributed by atoms with van der Waals surface area (Å²) in [6.45, 7) is 9.13. The molecule has 4 heteroatoms. The van der Waals surface area contributed by atoms with Crippen LogP contribution in [0.5, 0.6) is 0 Å². The maximum Gasteiger partial charge on any atom is 1.00 e. The summed E-state index contributed by atoms with van der Waals surface area (Å²) in [4.78, 5) is 20.0. The first-order valence-electron chi connectivity index (χ1n) is 9.62. The van der Waals surface area contributed by atoms with E-state index in [4.69, 9.17) is 0 Å². The first kappa shape index (κ1) is 26.1. The van der Waals surface area contributed by atoms with Crippen molar-refractivity contribution in [3.63, 3.8) is 0 Å². The number of ketones is 2. The minimum atomic E-state index is -0.483. The molecule has 0 aliphatic heterocycles. The van der Waals surface area contributed by atoms with Gasteiger partial charge in [-0.3, -0.25) is 6.42 Å². The van der Waals surface area contributed by atoms with E-state index < -0.39 is 7.92 Å². The molecule has 0 aromatic heterocycles. The molecule has 0 bridgehead atoms. The quantitative estimate of drug-likeness (QED) is 0.184. The molecule has 0 saturated heterocycles. The van der Waals surface area contributed by atoms with Crippen LogP contribution in [-0.4, -0.2) is 11.6 Å². The van der Waals surface area contributed by atoms with Crippen LogP contribution in [0.15, 0.2) is 72.8 Å². The number of rotatable bonds is 5. The van der Waals surface area contributed by atoms with E-state index in [-0.39, 0.29) is 33.9 Å². The van der Waals surface area contributed by atoms with Crippen molar-refractivity contribution < 1.29 is 32.0 Å². The number of carbonyl (C=O) groups excluding carboxylic acids is 2. The summed E-state index contributed by atoms with van der Waals surface area (Å²) < 4.78 is 0. The standard InChI is InChI=1S/C21H21P.C5H7O2.Au/c1-16-4-10-19(11-5-16)22(20-12-6-17(2)7-13-20)21-14-8-18(3)9-15-21;1-4(6)3-5(2)7;/h4-15H,1-3H3;3H,1-2H3;/q;-1;+1. The van der Waals surface area contributed by atoms with Gasteiger partial charge in [0, 0.05) is 11.6 Å². The zero-order valence-electron chi connectivity index (χ0n) is 18.1. The third-order valence-electron chi connectivity index (χ3n) is 4.28. The predicted octanol–water partition coefficient (Wildman–Crippen LogP) is 4.74. The maximum absolute atomic E-state index is 9.98. The first-order chi connectivity index (χ1) is 13.8. The molecule has 0 fully saturated rings. The van der Waals surface area contributed by atoms with Gasteiger partial charge < -0.3 is 9.59 Å². The van der Waals surface area contributed by atoms with Crippen LogP contribution >= 0.6 is 7.92 Å². The molecular formula is C26H28AuO2P. The summed E-state index contributed by atoms with van der Waals surface area (Å²) in [5, 5.41) is 4.23. The summed E-state index contributed by atoms with van der Waals surface area (Å²) in [6.07, 6.45) is 1.06. The smallest absolute Gasteiger partial charge is 0.334 e. The fourth-order valence-electron chi connectivity index (χ4n) is 2.81. The van der Waals surface area contributed by atoms with Crippen LogP contribution in [0, 0.1) is 27.2 Å². The van der Waals surface area contributed by atoms with Crippen molar-refractivity contribution in [2.24, 2.45) is 0 Å². The van der Waals surface area contributed by atoms with Crippen molar-refractivity contribution in [2.75, 3.05) is 0 Å². The molecule has 0 unspecified atom stereocenters. The topological polar surface area (TPSA) is 34.1 Å². The van der Waals surface area contributed by atoms with Gasteiger partial charge in [0.2, 0.25) is 0 Å². The fraction of sp³-hybridized carbons (Fsp3) is 0.192. The van der Waals surface area contributed by atoms with Crippen LogP contribution in [0.25, 0.3) is 0 Å². The molecule has 30 heavy (non-hydrogen) atoms. The molecule has 3 rings (SSSR count). The van der Waals surface area contributed by atoms with Crippen molar-refractivity contribution in [3.8, 4) is 0 Å². The molecule has 0 radical (unpaired) electrons. The molecule has 3 aromatic rings. The van der Waals surface area contributed by atoms with Crippen molar-refractivity contribution in [3.05, 3.63) is 95.9 Å². The van der Waals surface area contributed by atoms with Crippen molar-refractivity contribution in [1.82, 2.24) is 0 Å². The molecular weight excluding hydrogens is 572 g/mol. The molecule has 0 N–H and O–H groups in total. The van der Waals surface area contributed by atoms with Crippen LogP contribution in [0.3, 0.4) is 0 Å². The van der Waals surface area contributed by atoms with Crippen LogP contribution in [0.2, 0.25) is 0 Å². The second-order valence-corrected chi connectivity index (χ2v) is 9.43. The zero-order chi connectivity index (χ0) is 21.4. The minimum absolute atomic E-state index is 0. The number of hydrogen-bond donors (Lipinski definition) is 0. The van der Waals surface area contributed by atoms with Gasteiger partial charge in [-0.05, 0) is 58.5 Å². The summed E-state index contributed by atoms with van der Waals surface area (Å²) in [5.41, 5.74) is 3.93. The van der Waals surface area contributed by atoms with E-state index in [0.717, 1.165) is 6.42 Å². The first-order valence-corrected chi connectivity index (χ1v) is 11.0. The molecule has 0 spiro atoms. The van der Waals surface area contributed by atoms with Gasteiger partial charge in [0.05, 0.1) is 0 Å². The average Bonchev–Trinajstić information content (AvgIpc) is 2.66. The Morgan fingerprint density at radius 1 is 0.567 bits per heavy atom. The normalized spacial score (nSPS) is 9.80. The molecule has 0 saturated carbocycles. The maximum atomic E-state index is 9.98.